The fourth-order valence-electron chi connectivity index (χ4n) is 0.849. The Morgan fingerprint density at radius 3 is 1.60 bits per heavy atom. The van der Waals surface area contributed by atoms with E-state index in [9.17, 15) is 0 Å². The quantitative estimate of drug-likeness (QED) is 0.457. The molecule has 2 heteroatoms. The van der Waals surface area contributed by atoms with Crippen molar-refractivity contribution in [3.8, 4) is 0 Å². The highest BCUT2D eigenvalue weighted by Crippen LogP contribution is 2.31. The molecule has 0 aromatic rings. The molecular formula is C8H20N2. The van der Waals surface area contributed by atoms with Crippen molar-refractivity contribution in [2.24, 2.45) is 11.3 Å². The predicted octanol–water partition coefficient (Wildman–Crippen LogP) is 1.66. The SMILES string of the molecule is CCC(C)(NN)C(C)(C)C. The number of nitrogens with two attached hydrogens (primary N) is 1. The lowest BCUT2D eigenvalue weighted by molar-refractivity contribution is 0.151. The normalized spacial score (nSPS) is 18.6. The van der Waals surface area contributed by atoms with E-state index in [1.807, 2.05) is 0 Å². The van der Waals surface area contributed by atoms with E-state index in [2.05, 4.69) is 40.0 Å². The van der Waals surface area contributed by atoms with E-state index in [1.165, 1.54) is 0 Å². The van der Waals surface area contributed by atoms with E-state index in [0.717, 1.165) is 6.42 Å². The second-order valence-electron chi connectivity index (χ2n) is 4.08. The maximum atomic E-state index is 5.45. The minimum Gasteiger partial charge on any atom is -0.271 e. The fraction of sp³-hybridized carbons (Fsp3) is 1.00. The number of nitrogens with one attached hydrogen (secondary N) is 1. The van der Waals surface area contributed by atoms with Gasteiger partial charge < -0.3 is 0 Å². The second kappa shape index (κ2) is 2.89. The summed E-state index contributed by atoms with van der Waals surface area (Å²) in [5.74, 6) is 5.45. The van der Waals surface area contributed by atoms with Gasteiger partial charge in [0.1, 0.15) is 0 Å². The molecule has 0 amide bonds. The summed E-state index contributed by atoms with van der Waals surface area (Å²) in [5, 5.41) is 0. The first-order valence-corrected chi connectivity index (χ1v) is 3.85. The highest BCUT2D eigenvalue weighted by atomic mass is 15.3. The van der Waals surface area contributed by atoms with Crippen LogP contribution in [0.25, 0.3) is 0 Å². The molecule has 0 spiro atoms. The van der Waals surface area contributed by atoms with Crippen molar-refractivity contribution >= 4 is 0 Å². The van der Waals surface area contributed by atoms with Crippen LogP contribution in [0, 0.1) is 5.41 Å². The predicted molar refractivity (Wildman–Crippen MR) is 45.5 cm³/mol. The van der Waals surface area contributed by atoms with E-state index in [0.29, 0.717) is 0 Å². The lowest BCUT2D eigenvalue weighted by Crippen LogP contribution is -2.55. The van der Waals surface area contributed by atoms with E-state index in [-0.39, 0.29) is 11.0 Å². The zero-order chi connectivity index (χ0) is 8.41. The minimum atomic E-state index is 0.0486. The van der Waals surface area contributed by atoms with Crippen LogP contribution in [0.15, 0.2) is 0 Å². The van der Waals surface area contributed by atoms with Gasteiger partial charge in [0.15, 0.2) is 0 Å². The summed E-state index contributed by atoms with van der Waals surface area (Å²) in [5.41, 5.74) is 3.14. The maximum Gasteiger partial charge on any atom is 0.0338 e. The number of hydrogen-bond acceptors (Lipinski definition) is 2. The molecule has 0 aliphatic carbocycles. The van der Waals surface area contributed by atoms with Crippen LogP contribution in [0.5, 0.6) is 0 Å². The van der Waals surface area contributed by atoms with Gasteiger partial charge in [0.25, 0.3) is 0 Å². The molecule has 2 nitrogen and oxygen atoms in total. The Bertz CT molecular complexity index is 98.3. The molecule has 1 atom stereocenters. The molecule has 0 heterocycles. The largest absolute Gasteiger partial charge is 0.271 e. The van der Waals surface area contributed by atoms with E-state index in [1.54, 1.807) is 0 Å². The summed E-state index contributed by atoms with van der Waals surface area (Å²) >= 11 is 0. The smallest absolute Gasteiger partial charge is 0.0338 e. The van der Waals surface area contributed by atoms with Crippen molar-refractivity contribution in [3.63, 3.8) is 0 Å². The van der Waals surface area contributed by atoms with Gasteiger partial charge in [0, 0.05) is 5.54 Å². The molecule has 0 fully saturated rings. The van der Waals surface area contributed by atoms with Crippen LogP contribution in [0.3, 0.4) is 0 Å². The third kappa shape index (κ3) is 1.70. The van der Waals surface area contributed by atoms with Crippen molar-refractivity contribution in [3.05, 3.63) is 0 Å². The average molecular weight is 144 g/mol. The van der Waals surface area contributed by atoms with Crippen LogP contribution in [0.1, 0.15) is 41.0 Å². The molecule has 0 saturated heterocycles. The Balaban J connectivity index is 4.33. The van der Waals surface area contributed by atoms with Gasteiger partial charge in [-0.3, -0.25) is 11.3 Å². The molecule has 10 heavy (non-hydrogen) atoms. The fourth-order valence-corrected chi connectivity index (χ4v) is 0.849. The van der Waals surface area contributed by atoms with Gasteiger partial charge in [0.05, 0.1) is 0 Å². The van der Waals surface area contributed by atoms with Crippen LogP contribution in [0.4, 0.5) is 0 Å². The lowest BCUT2D eigenvalue weighted by atomic mass is 9.74. The monoisotopic (exact) mass is 144 g/mol. The summed E-state index contributed by atoms with van der Waals surface area (Å²) in [6.45, 7) is 10.9. The Labute approximate surface area is 64.2 Å². The molecule has 0 aliphatic heterocycles. The van der Waals surface area contributed by atoms with Gasteiger partial charge in [-0.2, -0.15) is 0 Å². The van der Waals surface area contributed by atoms with Crippen molar-refractivity contribution in [2.75, 3.05) is 0 Å². The van der Waals surface area contributed by atoms with Crippen molar-refractivity contribution in [1.29, 1.82) is 0 Å². The first kappa shape index (κ1) is 9.92. The van der Waals surface area contributed by atoms with Crippen molar-refractivity contribution in [2.45, 2.75) is 46.6 Å². The van der Waals surface area contributed by atoms with Gasteiger partial charge in [-0.05, 0) is 18.8 Å². The summed E-state index contributed by atoms with van der Waals surface area (Å²) in [6.07, 6.45) is 1.05. The molecule has 0 rings (SSSR count). The maximum absolute atomic E-state index is 5.45. The third-order valence-corrected chi connectivity index (χ3v) is 2.68. The number of hydrazine groups is 1. The number of rotatable bonds is 2. The van der Waals surface area contributed by atoms with E-state index >= 15 is 0 Å². The highest BCUT2D eigenvalue weighted by molar-refractivity contribution is 4.91. The molecule has 0 aromatic heterocycles. The summed E-state index contributed by atoms with van der Waals surface area (Å²) < 4.78 is 0. The first-order chi connectivity index (χ1) is 4.37. The molecule has 0 radical (unpaired) electrons. The van der Waals surface area contributed by atoms with Gasteiger partial charge in [-0.25, -0.2) is 0 Å². The number of hydrogen-bond donors (Lipinski definition) is 2. The van der Waals surface area contributed by atoms with Crippen LogP contribution >= 0.6 is 0 Å². The zero-order valence-corrected chi connectivity index (χ0v) is 7.78. The van der Waals surface area contributed by atoms with Crippen LogP contribution in [-0.4, -0.2) is 5.54 Å². The van der Waals surface area contributed by atoms with Gasteiger partial charge in [-0.1, -0.05) is 27.7 Å². The Morgan fingerprint density at radius 1 is 1.20 bits per heavy atom. The topological polar surface area (TPSA) is 38.0 Å². The molecular weight excluding hydrogens is 124 g/mol. The van der Waals surface area contributed by atoms with E-state index in [4.69, 9.17) is 5.84 Å². The third-order valence-electron chi connectivity index (χ3n) is 2.68. The van der Waals surface area contributed by atoms with Gasteiger partial charge in [0.2, 0.25) is 0 Å². The van der Waals surface area contributed by atoms with Crippen LogP contribution < -0.4 is 11.3 Å². The Hall–Kier alpha value is -0.0800. The standard InChI is InChI=1S/C8H20N2/c1-6-8(5,10-9)7(2,3)4/h10H,6,9H2,1-5H3. The molecule has 0 bridgehead atoms. The van der Waals surface area contributed by atoms with Crippen molar-refractivity contribution in [1.82, 2.24) is 5.43 Å². The minimum absolute atomic E-state index is 0.0486. The Morgan fingerprint density at radius 2 is 1.60 bits per heavy atom. The molecule has 0 saturated carbocycles. The zero-order valence-electron chi connectivity index (χ0n) is 7.78. The Kier molecular flexibility index (Phi) is 2.86. The lowest BCUT2D eigenvalue weighted by Gasteiger charge is -2.40. The molecule has 3 N–H and O–H groups in total. The van der Waals surface area contributed by atoms with Crippen LogP contribution in [-0.2, 0) is 0 Å². The van der Waals surface area contributed by atoms with E-state index < -0.39 is 0 Å². The molecule has 0 aromatic carbocycles. The second-order valence-corrected chi connectivity index (χ2v) is 4.08. The van der Waals surface area contributed by atoms with Crippen molar-refractivity contribution < 1.29 is 0 Å². The summed E-state index contributed by atoms with van der Waals surface area (Å²) in [6, 6.07) is 0. The van der Waals surface area contributed by atoms with Crippen LogP contribution in [0.2, 0.25) is 0 Å². The highest BCUT2D eigenvalue weighted by Gasteiger charge is 2.34. The molecule has 0 aliphatic rings. The molecule has 1 unspecified atom stereocenters. The average Bonchev–Trinajstić information content (AvgIpc) is 1.84. The first-order valence-electron chi connectivity index (χ1n) is 3.85. The van der Waals surface area contributed by atoms with Gasteiger partial charge in [-0.15, -0.1) is 0 Å². The summed E-state index contributed by atoms with van der Waals surface area (Å²) in [4.78, 5) is 0. The summed E-state index contributed by atoms with van der Waals surface area (Å²) in [7, 11) is 0. The van der Waals surface area contributed by atoms with Gasteiger partial charge >= 0.3 is 0 Å². The molecule has 62 valence electrons.